The summed E-state index contributed by atoms with van der Waals surface area (Å²) in [5, 5.41) is 15.0. The number of anilines is 1. The highest BCUT2D eigenvalue weighted by Gasteiger charge is 2.05. The van der Waals surface area contributed by atoms with E-state index in [1.807, 2.05) is 6.07 Å². The van der Waals surface area contributed by atoms with Gasteiger partial charge in [0.05, 0.1) is 11.3 Å². The predicted octanol–water partition coefficient (Wildman–Crippen LogP) is 2.99. The number of nitriles is 1. The number of carbonyl (C=O) groups is 1. The van der Waals surface area contributed by atoms with Gasteiger partial charge in [-0.3, -0.25) is 4.79 Å². The first kappa shape index (κ1) is 15.7. The molecule has 2 N–H and O–H groups in total. The van der Waals surface area contributed by atoms with E-state index in [1.165, 1.54) is 11.1 Å². The summed E-state index contributed by atoms with van der Waals surface area (Å²) in [5.41, 5.74) is 3.47. The second kappa shape index (κ2) is 7.96. The molecular formula is C18H19N3O. The first-order valence-electron chi connectivity index (χ1n) is 7.24. The molecule has 0 spiro atoms. The minimum absolute atomic E-state index is 0.0977. The molecule has 2 aromatic carbocycles. The second-order valence-corrected chi connectivity index (χ2v) is 5.12. The van der Waals surface area contributed by atoms with E-state index < -0.39 is 0 Å². The summed E-state index contributed by atoms with van der Waals surface area (Å²) >= 11 is 0. The molecule has 112 valence electrons. The molecule has 22 heavy (non-hydrogen) atoms. The van der Waals surface area contributed by atoms with Gasteiger partial charge in [-0.25, -0.2) is 0 Å². The van der Waals surface area contributed by atoms with Crippen LogP contribution in [0.5, 0.6) is 0 Å². The van der Waals surface area contributed by atoms with Crippen LogP contribution in [-0.4, -0.2) is 12.5 Å². The van der Waals surface area contributed by atoms with E-state index in [-0.39, 0.29) is 5.91 Å². The molecule has 0 saturated heterocycles. The second-order valence-electron chi connectivity index (χ2n) is 5.12. The molecule has 0 bridgehead atoms. The molecule has 4 nitrogen and oxygen atoms in total. The number of amides is 1. The van der Waals surface area contributed by atoms with Crippen LogP contribution in [0.2, 0.25) is 0 Å². The van der Waals surface area contributed by atoms with Gasteiger partial charge >= 0.3 is 0 Å². The summed E-state index contributed by atoms with van der Waals surface area (Å²) in [7, 11) is 0. The third-order valence-electron chi connectivity index (χ3n) is 3.26. The Hall–Kier alpha value is -2.64. The van der Waals surface area contributed by atoms with Crippen LogP contribution in [0.3, 0.4) is 0 Å². The highest BCUT2D eigenvalue weighted by Crippen LogP contribution is 2.13. The molecule has 0 aromatic heterocycles. The van der Waals surface area contributed by atoms with Crippen LogP contribution in [0.4, 0.5) is 5.69 Å². The molecule has 1 amide bonds. The minimum atomic E-state index is -0.0977. The topological polar surface area (TPSA) is 64.9 Å². The number of hydrogen-bond acceptors (Lipinski definition) is 3. The molecule has 0 aliphatic heterocycles. The van der Waals surface area contributed by atoms with Gasteiger partial charge in [0.2, 0.25) is 5.91 Å². The van der Waals surface area contributed by atoms with Crippen molar-refractivity contribution in [1.82, 2.24) is 5.32 Å². The Bertz CT molecular complexity index is 689. The van der Waals surface area contributed by atoms with Gasteiger partial charge in [-0.05, 0) is 24.6 Å². The number of rotatable bonds is 6. The zero-order valence-electron chi connectivity index (χ0n) is 12.6. The van der Waals surface area contributed by atoms with Crippen molar-refractivity contribution in [1.29, 1.82) is 5.26 Å². The van der Waals surface area contributed by atoms with Crippen molar-refractivity contribution in [2.75, 3.05) is 11.9 Å². The lowest BCUT2D eigenvalue weighted by atomic mass is 10.1. The Balaban J connectivity index is 1.75. The minimum Gasteiger partial charge on any atom is -0.325 e. The highest BCUT2D eigenvalue weighted by atomic mass is 16.1. The fourth-order valence-corrected chi connectivity index (χ4v) is 2.16. The van der Waals surface area contributed by atoms with Crippen LogP contribution in [-0.2, 0) is 11.3 Å². The van der Waals surface area contributed by atoms with Crippen molar-refractivity contribution < 1.29 is 4.79 Å². The van der Waals surface area contributed by atoms with Crippen LogP contribution in [0.1, 0.15) is 23.1 Å². The lowest BCUT2D eigenvalue weighted by Crippen LogP contribution is -2.21. The molecule has 0 fully saturated rings. The fourth-order valence-electron chi connectivity index (χ4n) is 2.16. The van der Waals surface area contributed by atoms with E-state index in [2.05, 4.69) is 41.8 Å². The number of hydrogen-bond donors (Lipinski definition) is 2. The molecule has 2 aromatic rings. The summed E-state index contributed by atoms with van der Waals surface area (Å²) in [5.74, 6) is -0.0977. The van der Waals surface area contributed by atoms with E-state index >= 15 is 0 Å². The maximum absolute atomic E-state index is 11.9. The summed E-state index contributed by atoms with van der Waals surface area (Å²) in [4.78, 5) is 11.9. The molecule has 0 saturated carbocycles. The van der Waals surface area contributed by atoms with Crippen LogP contribution in [0, 0.1) is 18.3 Å². The average molecular weight is 293 g/mol. The van der Waals surface area contributed by atoms with Gasteiger partial charge in [0.1, 0.15) is 6.07 Å². The van der Waals surface area contributed by atoms with Crippen molar-refractivity contribution in [3.8, 4) is 6.07 Å². The van der Waals surface area contributed by atoms with Crippen LogP contribution < -0.4 is 10.6 Å². The molecule has 0 unspecified atom stereocenters. The van der Waals surface area contributed by atoms with Crippen LogP contribution in [0.15, 0.2) is 48.5 Å². The molecule has 2 rings (SSSR count). The van der Waals surface area contributed by atoms with Gasteiger partial charge in [-0.1, -0.05) is 42.0 Å². The normalized spacial score (nSPS) is 10.0. The maximum atomic E-state index is 11.9. The van der Waals surface area contributed by atoms with Crippen molar-refractivity contribution in [3.05, 3.63) is 65.2 Å². The molecule has 0 atom stereocenters. The monoisotopic (exact) mass is 293 g/mol. The van der Waals surface area contributed by atoms with Crippen LogP contribution in [0.25, 0.3) is 0 Å². The van der Waals surface area contributed by atoms with E-state index in [4.69, 9.17) is 5.26 Å². The van der Waals surface area contributed by atoms with Gasteiger partial charge in [0.25, 0.3) is 0 Å². The first-order valence-corrected chi connectivity index (χ1v) is 7.24. The largest absolute Gasteiger partial charge is 0.325 e. The van der Waals surface area contributed by atoms with E-state index in [1.54, 1.807) is 24.3 Å². The Morgan fingerprint density at radius 3 is 2.77 bits per heavy atom. The number of nitrogens with zero attached hydrogens (tertiary/aromatic N) is 1. The van der Waals surface area contributed by atoms with Gasteiger partial charge in [-0.15, -0.1) is 0 Å². The molecule has 0 radical (unpaired) electrons. The smallest absolute Gasteiger partial charge is 0.225 e. The van der Waals surface area contributed by atoms with E-state index in [0.717, 1.165) is 6.54 Å². The van der Waals surface area contributed by atoms with E-state index in [9.17, 15) is 4.79 Å². The van der Waals surface area contributed by atoms with Crippen molar-refractivity contribution in [2.24, 2.45) is 0 Å². The zero-order valence-corrected chi connectivity index (χ0v) is 12.6. The maximum Gasteiger partial charge on any atom is 0.225 e. The third-order valence-corrected chi connectivity index (χ3v) is 3.26. The number of aryl methyl sites for hydroxylation is 1. The summed E-state index contributed by atoms with van der Waals surface area (Å²) in [6.45, 7) is 3.39. The molecule has 0 aliphatic carbocycles. The zero-order chi connectivity index (χ0) is 15.8. The molecule has 4 heteroatoms. The lowest BCUT2D eigenvalue weighted by Gasteiger charge is -2.08. The summed E-state index contributed by atoms with van der Waals surface area (Å²) in [6.07, 6.45) is 0.367. The SMILES string of the molecule is Cc1cccc(CNCCC(=O)Nc2ccccc2C#N)c1. The number of benzene rings is 2. The van der Waals surface area contributed by atoms with Gasteiger partial charge in [0.15, 0.2) is 0 Å². The first-order chi connectivity index (χ1) is 10.7. The Kier molecular flexibility index (Phi) is 5.70. The Morgan fingerprint density at radius 1 is 1.18 bits per heavy atom. The predicted molar refractivity (Wildman–Crippen MR) is 87.3 cm³/mol. The Morgan fingerprint density at radius 2 is 2.00 bits per heavy atom. The number of nitrogens with one attached hydrogen (secondary N) is 2. The molecule has 0 heterocycles. The standard InChI is InChI=1S/C18H19N3O/c1-14-5-4-6-15(11-14)13-20-10-9-18(22)21-17-8-3-2-7-16(17)12-19/h2-8,11,20H,9-10,13H2,1H3,(H,21,22). The third kappa shape index (κ3) is 4.72. The van der Waals surface area contributed by atoms with Crippen molar-refractivity contribution in [2.45, 2.75) is 19.9 Å². The van der Waals surface area contributed by atoms with Crippen LogP contribution >= 0.6 is 0 Å². The quantitative estimate of drug-likeness (QED) is 0.805. The van der Waals surface area contributed by atoms with Gasteiger partial charge in [0, 0.05) is 19.5 Å². The molecular weight excluding hydrogens is 274 g/mol. The highest BCUT2D eigenvalue weighted by molar-refractivity contribution is 5.92. The van der Waals surface area contributed by atoms with Crippen molar-refractivity contribution in [3.63, 3.8) is 0 Å². The molecule has 0 aliphatic rings. The average Bonchev–Trinajstić information content (AvgIpc) is 2.52. The Labute approximate surface area is 130 Å². The van der Waals surface area contributed by atoms with Gasteiger partial charge < -0.3 is 10.6 Å². The summed E-state index contributed by atoms with van der Waals surface area (Å²) in [6, 6.07) is 17.3. The van der Waals surface area contributed by atoms with E-state index in [0.29, 0.717) is 24.2 Å². The van der Waals surface area contributed by atoms with Gasteiger partial charge in [-0.2, -0.15) is 5.26 Å². The fraction of sp³-hybridized carbons (Fsp3) is 0.222. The number of para-hydroxylation sites is 1. The summed E-state index contributed by atoms with van der Waals surface area (Å²) < 4.78 is 0. The lowest BCUT2D eigenvalue weighted by molar-refractivity contribution is -0.116. The van der Waals surface area contributed by atoms with Crippen molar-refractivity contribution >= 4 is 11.6 Å². The number of carbonyl (C=O) groups excluding carboxylic acids is 1.